The molecule has 0 spiro atoms. The second-order valence-corrected chi connectivity index (χ2v) is 6.30. The summed E-state index contributed by atoms with van der Waals surface area (Å²) in [5.41, 5.74) is 2.50. The molecule has 0 bridgehead atoms. The minimum atomic E-state index is 0.402. The zero-order valence-corrected chi connectivity index (χ0v) is 13.5. The topological polar surface area (TPSA) is 35.3 Å². The van der Waals surface area contributed by atoms with E-state index < -0.39 is 0 Å². The number of hydrogen-bond acceptors (Lipinski definition) is 2. The number of allylic oxidation sites excluding steroid dienone is 1. The summed E-state index contributed by atoms with van der Waals surface area (Å²) >= 11 is 0. The third-order valence-corrected chi connectivity index (χ3v) is 4.36. The van der Waals surface area contributed by atoms with Crippen molar-refractivity contribution in [3.8, 4) is 0 Å². The lowest BCUT2D eigenvalue weighted by Crippen LogP contribution is -2.11. The van der Waals surface area contributed by atoms with Gasteiger partial charge in [-0.05, 0) is 31.2 Å². The highest BCUT2D eigenvalue weighted by Gasteiger charge is 2.27. The first-order chi connectivity index (χ1) is 10.6. The van der Waals surface area contributed by atoms with Gasteiger partial charge in [0, 0.05) is 18.4 Å². The normalized spacial score (nSPS) is 20.9. The Balaban J connectivity index is 1.51. The van der Waals surface area contributed by atoms with Gasteiger partial charge in [0.05, 0.1) is 6.61 Å². The van der Waals surface area contributed by atoms with Crippen molar-refractivity contribution in [1.29, 1.82) is 0 Å². The Morgan fingerprint density at radius 1 is 1.32 bits per heavy atom. The van der Waals surface area contributed by atoms with Gasteiger partial charge >= 0.3 is 0 Å². The lowest BCUT2D eigenvalue weighted by molar-refractivity contribution is -0.450. The maximum atomic E-state index is 11.3. The third-order valence-electron chi connectivity index (χ3n) is 4.36. The van der Waals surface area contributed by atoms with Gasteiger partial charge in [-0.3, -0.25) is 0 Å². The summed E-state index contributed by atoms with van der Waals surface area (Å²) in [6.45, 7) is 8.39. The number of benzene rings is 1. The van der Waals surface area contributed by atoms with Gasteiger partial charge in [-0.1, -0.05) is 49.4 Å². The predicted octanol–water partition coefficient (Wildman–Crippen LogP) is 4.17. The van der Waals surface area contributed by atoms with Crippen LogP contribution in [0.4, 0.5) is 0 Å². The fraction of sp³-hybridized carbons (Fsp3) is 0.526. The predicted molar refractivity (Wildman–Crippen MR) is 90.9 cm³/mol. The van der Waals surface area contributed by atoms with E-state index in [1.165, 1.54) is 11.1 Å². The minimum absolute atomic E-state index is 0.402. The van der Waals surface area contributed by atoms with Crippen LogP contribution in [0.1, 0.15) is 38.2 Å². The van der Waals surface area contributed by atoms with Crippen LogP contribution in [-0.2, 0) is 11.3 Å². The molecule has 2 rings (SSSR count). The highest BCUT2D eigenvalue weighted by atomic mass is 16.5. The maximum Gasteiger partial charge on any atom is 0.156 e. The molecule has 0 fully saturated rings. The summed E-state index contributed by atoms with van der Waals surface area (Å²) in [6.07, 6.45) is 5.92. The molecule has 0 radical (unpaired) electrons. The Bertz CT molecular complexity index is 495. The number of rotatable bonds is 9. The highest BCUT2D eigenvalue weighted by Crippen LogP contribution is 2.24. The molecular weight excluding hydrogens is 274 g/mol. The standard InChI is InChI=1S/C19H27NO2/c1-16(10-11-19-14-20(21)13-17(19)2)7-6-12-22-15-18-8-4-3-5-9-18/h3-5,8-9,13,17,19H,1,6-7,10-12,14-15H2,2H3/t17-,19+/m1/s1. The largest absolute Gasteiger partial charge is 0.624 e. The molecule has 1 aromatic rings. The second kappa shape index (κ2) is 8.74. The monoisotopic (exact) mass is 301 g/mol. The molecule has 1 aromatic carbocycles. The summed E-state index contributed by atoms with van der Waals surface area (Å²) in [5, 5.41) is 11.3. The molecule has 0 N–H and O–H groups in total. The summed E-state index contributed by atoms with van der Waals surface area (Å²) < 4.78 is 6.76. The smallest absolute Gasteiger partial charge is 0.156 e. The van der Waals surface area contributed by atoms with E-state index in [-0.39, 0.29) is 0 Å². The second-order valence-electron chi connectivity index (χ2n) is 6.30. The quantitative estimate of drug-likeness (QED) is 0.297. The molecular formula is C19H27NO2. The summed E-state index contributed by atoms with van der Waals surface area (Å²) in [6, 6.07) is 10.2. The molecule has 22 heavy (non-hydrogen) atoms. The lowest BCUT2D eigenvalue weighted by Gasteiger charge is -2.12. The highest BCUT2D eigenvalue weighted by molar-refractivity contribution is 5.56. The number of ether oxygens (including phenoxy) is 1. The van der Waals surface area contributed by atoms with Crippen molar-refractivity contribution in [1.82, 2.24) is 0 Å². The molecule has 0 saturated carbocycles. The van der Waals surface area contributed by atoms with E-state index in [0.717, 1.165) is 37.0 Å². The van der Waals surface area contributed by atoms with E-state index in [0.29, 0.717) is 25.0 Å². The molecule has 0 unspecified atom stereocenters. The average molecular weight is 301 g/mol. The van der Waals surface area contributed by atoms with Gasteiger partial charge in [0.15, 0.2) is 12.8 Å². The van der Waals surface area contributed by atoms with E-state index in [2.05, 4.69) is 25.6 Å². The fourth-order valence-corrected chi connectivity index (χ4v) is 2.90. The van der Waals surface area contributed by atoms with Crippen LogP contribution in [0.2, 0.25) is 0 Å². The van der Waals surface area contributed by atoms with Crippen LogP contribution in [-0.4, -0.2) is 24.1 Å². The van der Waals surface area contributed by atoms with E-state index in [4.69, 9.17) is 4.74 Å². The zero-order chi connectivity index (χ0) is 15.8. The van der Waals surface area contributed by atoms with Crippen LogP contribution < -0.4 is 0 Å². The van der Waals surface area contributed by atoms with Crippen LogP contribution in [0.3, 0.4) is 0 Å². The first-order valence-electron chi connectivity index (χ1n) is 8.22. The van der Waals surface area contributed by atoms with Crippen LogP contribution in [0.15, 0.2) is 42.5 Å². The number of hydroxylamine groups is 1. The van der Waals surface area contributed by atoms with Crippen molar-refractivity contribution in [3.63, 3.8) is 0 Å². The molecule has 1 aliphatic rings. The first kappa shape index (κ1) is 16.8. The van der Waals surface area contributed by atoms with E-state index in [9.17, 15) is 5.21 Å². The van der Waals surface area contributed by atoms with Gasteiger partial charge in [-0.15, -0.1) is 0 Å². The lowest BCUT2D eigenvalue weighted by atomic mass is 9.90. The molecule has 120 valence electrons. The maximum absolute atomic E-state index is 11.3. The van der Waals surface area contributed by atoms with Gasteiger partial charge in [0.25, 0.3) is 0 Å². The van der Waals surface area contributed by atoms with Gasteiger partial charge in [-0.2, -0.15) is 0 Å². The van der Waals surface area contributed by atoms with E-state index in [1.54, 1.807) is 6.21 Å². The van der Waals surface area contributed by atoms with Crippen molar-refractivity contribution in [3.05, 3.63) is 53.3 Å². The molecule has 0 aliphatic carbocycles. The summed E-state index contributed by atoms with van der Waals surface area (Å²) in [5.74, 6) is 0.892. The molecule has 3 nitrogen and oxygen atoms in total. The Hall–Kier alpha value is -1.61. The van der Waals surface area contributed by atoms with Gasteiger partial charge in [0.1, 0.15) is 0 Å². The Morgan fingerprint density at radius 2 is 2.09 bits per heavy atom. The van der Waals surface area contributed by atoms with Crippen molar-refractivity contribution in [2.24, 2.45) is 11.8 Å². The van der Waals surface area contributed by atoms with Crippen LogP contribution in [0, 0.1) is 17.0 Å². The molecule has 0 amide bonds. The van der Waals surface area contributed by atoms with Crippen molar-refractivity contribution < 1.29 is 9.48 Å². The summed E-state index contributed by atoms with van der Waals surface area (Å²) in [4.78, 5) is 0. The van der Waals surface area contributed by atoms with Crippen molar-refractivity contribution in [2.45, 2.75) is 39.2 Å². The number of hydrogen-bond donors (Lipinski definition) is 0. The summed E-state index contributed by atoms with van der Waals surface area (Å²) in [7, 11) is 0. The minimum Gasteiger partial charge on any atom is -0.624 e. The van der Waals surface area contributed by atoms with E-state index >= 15 is 0 Å². The Kier molecular flexibility index (Phi) is 6.66. The molecule has 0 aromatic heterocycles. The average Bonchev–Trinajstić information content (AvgIpc) is 2.84. The zero-order valence-electron chi connectivity index (χ0n) is 13.5. The molecule has 0 saturated heterocycles. The van der Waals surface area contributed by atoms with Gasteiger partial charge in [-0.25, -0.2) is 4.74 Å². The first-order valence-corrected chi connectivity index (χ1v) is 8.22. The van der Waals surface area contributed by atoms with Crippen LogP contribution in [0.25, 0.3) is 0 Å². The molecule has 3 heteroatoms. The Labute approximate surface area is 133 Å². The van der Waals surface area contributed by atoms with Crippen molar-refractivity contribution in [2.75, 3.05) is 13.2 Å². The Morgan fingerprint density at radius 3 is 2.77 bits per heavy atom. The molecule has 1 heterocycles. The number of nitrogens with zero attached hydrogens (tertiary/aromatic N) is 1. The van der Waals surface area contributed by atoms with Crippen LogP contribution in [0.5, 0.6) is 0 Å². The third kappa shape index (κ3) is 5.64. The fourth-order valence-electron chi connectivity index (χ4n) is 2.90. The molecule has 2 atom stereocenters. The van der Waals surface area contributed by atoms with Crippen molar-refractivity contribution >= 4 is 6.21 Å². The van der Waals surface area contributed by atoms with E-state index in [1.807, 2.05) is 18.2 Å². The molecule has 1 aliphatic heterocycles. The van der Waals surface area contributed by atoms with Gasteiger partial charge < -0.3 is 9.94 Å². The van der Waals surface area contributed by atoms with Gasteiger partial charge in [0.2, 0.25) is 0 Å². The van der Waals surface area contributed by atoms with Crippen LogP contribution >= 0.6 is 0 Å². The SMILES string of the molecule is C=C(CCCOCc1ccccc1)CC[C@H]1C[N+]([O-])=C[C@H]1C.